The molecule has 0 unspecified atom stereocenters. The molecule has 0 aromatic heterocycles. The van der Waals surface area contributed by atoms with Crippen LogP contribution in [0, 0.1) is 10.5 Å². The van der Waals surface area contributed by atoms with E-state index >= 15 is 0 Å². The van der Waals surface area contributed by atoms with E-state index in [4.69, 9.17) is 21.1 Å². The second-order valence-corrected chi connectivity index (χ2v) is 6.21. The number of methoxy groups -OCH3 is 2. The van der Waals surface area contributed by atoms with Crippen LogP contribution < -0.4 is 14.8 Å². The maximum Gasteiger partial charge on any atom is 0.179 e. The van der Waals surface area contributed by atoms with E-state index in [1.165, 1.54) is 9.13 Å². The van der Waals surface area contributed by atoms with Crippen LogP contribution in [0.3, 0.4) is 0 Å². The number of ether oxygens (including phenoxy) is 2. The molecule has 0 saturated carbocycles. The Bertz CT molecular complexity index is 646. The van der Waals surface area contributed by atoms with E-state index < -0.39 is 0 Å². The van der Waals surface area contributed by atoms with Gasteiger partial charge in [-0.25, -0.2) is 0 Å². The van der Waals surface area contributed by atoms with E-state index in [9.17, 15) is 0 Å². The normalized spacial score (nSPS) is 10.3. The van der Waals surface area contributed by atoms with E-state index in [0.717, 1.165) is 11.3 Å². The highest BCUT2D eigenvalue weighted by molar-refractivity contribution is 14.1. The Balaban J connectivity index is 2.20. The van der Waals surface area contributed by atoms with Crippen LogP contribution in [0.4, 0.5) is 5.69 Å². The standard InChI is InChI=1S/C16H17ClINO2/c1-10-8-12(18)5-6-13(10)19-9-11-4-7-14(20-2)16(21-3)15(11)17/h4-8,19H,9H2,1-3H3. The number of aryl methyl sites for hydroxylation is 1. The molecule has 0 fully saturated rings. The van der Waals surface area contributed by atoms with Gasteiger partial charge in [0.25, 0.3) is 0 Å². The maximum absolute atomic E-state index is 6.38. The minimum absolute atomic E-state index is 0.567. The van der Waals surface area contributed by atoms with E-state index in [1.807, 2.05) is 12.1 Å². The van der Waals surface area contributed by atoms with Crippen molar-refractivity contribution in [2.24, 2.45) is 0 Å². The Hall–Kier alpha value is -1.14. The van der Waals surface area contributed by atoms with Gasteiger partial charge in [-0.2, -0.15) is 0 Å². The zero-order chi connectivity index (χ0) is 15.4. The number of rotatable bonds is 5. The van der Waals surface area contributed by atoms with E-state index in [2.05, 4.69) is 53.0 Å². The third-order valence-corrected chi connectivity index (χ3v) is 4.31. The predicted octanol–water partition coefficient (Wildman–Crippen LogP) is 4.88. The summed E-state index contributed by atoms with van der Waals surface area (Å²) in [4.78, 5) is 0. The summed E-state index contributed by atoms with van der Waals surface area (Å²) in [5.41, 5.74) is 3.27. The Morgan fingerprint density at radius 2 is 1.90 bits per heavy atom. The van der Waals surface area contributed by atoms with Gasteiger partial charge < -0.3 is 14.8 Å². The molecule has 112 valence electrons. The summed E-state index contributed by atoms with van der Waals surface area (Å²) in [6.07, 6.45) is 0. The number of hydrogen-bond donors (Lipinski definition) is 1. The average molecular weight is 418 g/mol. The van der Waals surface area contributed by atoms with Crippen LogP contribution in [0.5, 0.6) is 11.5 Å². The minimum Gasteiger partial charge on any atom is -0.493 e. The molecule has 0 aliphatic heterocycles. The molecule has 0 aliphatic carbocycles. The molecule has 0 bridgehead atoms. The summed E-state index contributed by atoms with van der Waals surface area (Å²) in [6.45, 7) is 2.71. The van der Waals surface area contributed by atoms with Crippen molar-refractivity contribution in [3.63, 3.8) is 0 Å². The SMILES string of the molecule is COc1ccc(CNc2ccc(I)cc2C)c(Cl)c1OC. The fourth-order valence-corrected chi connectivity index (χ4v) is 3.03. The predicted molar refractivity (Wildman–Crippen MR) is 95.8 cm³/mol. The van der Waals surface area contributed by atoms with Gasteiger partial charge in [0.05, 0.1) is 19.2 Å². The highest BCUT2D eigenvalue weighted by Gasteiger charge is 2.13. The van der Waals surface area contributed by atoms with Crippen molar-refractivity contribution in [3.8, 4) is 11.5 Å². The van der Waals surface area contributed by atoms with Crippen molar-refractivity contribution in [2.45, 2.75) is 13.5 Å². The van der Waals surface area contributed by atoms with Crippen molar-refractivity contribution in [3.05, 3.63) is 50.1 Å². The second kappa shape index (κ2) is 7.22. The van der Waals surface area contributed by atoms with Crippen molar-refractivity contribution in [1.82, 2.24) is 0 Å². The van der Waals surface area contributed by atoms with Crippen molar-refractivity contribution < 1.29 is 9.47 Å². The van der Waals surface area contributed by atoms with Crippen LogP contribution in [0.15, 0.2) is 30.3 Å². The lowest BCUT2D eigenvalue weighted by molar-refractivity contribution is 0.355. The number of nitrogens with one attached hydrogen (secondary N) is 1. The van der Waals surface area contributed by atoms with Gasteiger partial charge >= 0.3 is 0 Å². The van der Waals surface area contributed by atoms with Gasteiger partial charge in [-0.1, -0.05) is 17.7 Å². The highest BCUT2D eigenvalue weighted by Crippen LogP contribution is 2.37. The largest absolute Gasteiger partial charge is 0.493 e. The summed E-state index contributed by atoms with van der Waals surface area (Å²) in [6, 6.07) is 10.1. The zero-order valence-corrected chi connectivity index (χ0v) is 15.1. The van der Waals surface area contributed by atoms with Crippen molar-refractivity contribution in [2.75, 3.05) is 19.5 Å². The molecule has 0 saturated heterocycles. The van der Waals surface area contributed by atoms with Crippen LogP contribution in [0.25, 0.3) is 0 Å². The zero-order valence-electron chi connectivity index (χ0n) is 12.2. The van der Waals surface area contributed by atoms with Gasteiger partial charge in [0.2, 0.25) is 0 Å². The number of anilines is 1. The molecule has 2 rings (SSSR count). The molecule has 1 N–H and O–H groups in total. The summed E-state index contributed by atoms with van der Waals surface area (Å²) < 4.78 is 11.8. The van der Waals surface area contributed by atoms with E-state index in [-0.39, 0.29) is 0 Å². The lowest BCUT2D eigenvalue weighted by atomic mass is 10.1. The monoisotopic (exact) mass is 417 g/mol. The molecule has 0 heterocycles. The van der Waals surface area contributed by atoms with Crippen LogP contribution in [0.2, 0.25) is 5.02 Å². The number of hydrogen-bond acceptors (Lipinski definition) is 3. The van der Waals surface area contributed by atoms with E-state index in [0.29, 0.717) is 23.1 Å². The van der Waals surface area contributed by atoms with Crippen LogP contribution >= 0.6 is 34.2 Å². The Morgan fingerprint density at radius 1 is 1.14 bits per heavy atom. The van der Waals surface area contributed by atoms with Gasteiger partial charge in [-0.15, -0.1) is 0 Å². The Labute approximate surface area is 143 Å². The first-order chi connectivity index (χ1) is 10.1. The fourth-order valence-electron chi connectivity index (χ4n) is 2.08. The first-order valence-electron chi connectivity index (χ1n) is 6.46. The van der Waals surface area contributed by atoms with Gasteiger partial charge in [0.1, 0.15) is 0 Å². The molecular weight excluding hydrogens is 401 g/mol. The summed E-state index contributed by atoms with van der Waals surface area (Å²) >= 11 is 8.68. The first kappa shape index (κ1) is 16.2. The van der Waals surface area contributed by atoms with Gasteiger partial charge in [0, 0.05) is 15.8 Å². The van der Waals surface area contributed by atoms with Gasteiger partial charge in [-0.05, 0) is 64.9 Å². The topological polar surface area (TPSA) is 30.5 Å². The third kappa shape index (κ3) is 3.74. The minimum atomic E-state index is 0.567. The van der Waals surface area contributed by atoms with Crippen LogP contribution in [0.1, 0.15) is 11.1 Å². The molecule has 0 aliphatic rings. The second-order valence-electron chi connectivity index (χ2n) is 4.59. The molecule has 0 amide bonds. The van der Waals surface area contributed by atoms with Gasteiger partial charge in [-0.3, -0.25) is 0 Å². The summed E-state index contributed by atoms with van der Waals surface area (Å²) in [5.74, 6) is 1.20. The summed E-state index contributed by atoms with van der Waals surface area (Å²) in [5, 5.41) is 3.98. The molecule has 0 spiro atoms. The van der Waals surface area contributed by atoms with Gasteiger partial charge in [0.15, 0.2) is 11.5 Å². The van der Waals surface area contributed by atoms with Crippen molar-refractivity contribution >= 4 is 39.9 Å². The smallest absolute Gasteiger partial charge is 0.179 e. The number of benzene rings is 2. The average Bonchev–Trinajstić information content (AvgIpc) is 2.47. The highest BCUT2D eigenvalue weighted by atomic mass is 127. The van der Waals surface area contributed by atoms with Crippen molar-refractivity contribution in [1.29, 1.82) is 0 Å². The van der Waals surface area contributed by atoms with E-state index in [1.54, 1.807) is 14.2 Å². The fraction of sp³-hybridized carbons (Fsp3) is 0.250. The lowest BCUT2D eigenvalue weighted by Crippen LogP contribution is -2.03. The molecule has 3 nitrogen and oxygen atoms in total. The first-order valence-corrected chi connectivity index (χ1v) is 7.92. The van der Waals surface area contributed by atoms with Crippen LogP contribution in [-0.4, -0.2) is 14.2 Å². The third-order valence-electron chi connectivity index (χ3n) is 3.22. The number of halogens is 2. The van der Waals surface area contributed by atoms with Crippen LogP contribution in [-0.2, 0) is 6.54 Å². The summed E-state index contributed by atoms with van der Waals surface area (Å²) in [7, 11) is 3.19. The quantitative estimate of drug-likeness (QED) is 0.703. The Kier molecular flexibility index (Phi) is 5.58. The molecule has 2 aromatic carbocycles. The molecule has 2 aromatic rings. The Morgan fingerprint density at radius 3 is 2.52 bits per heavy atom. The lowest BCUT2D eigenvalue weighted by Gasteiger charge is -2.14. The molecule has 0 radical (unpaired) electrons. The molecule has 0 atom stereocenters. The molecule has 21 heavy (non-hydrogen) atoms. The maximum atomic E-state index is 6.38. The molecule has 5 heteroatoms. The molecular formula is C16H17ClINO2.